The van der Waals surface area contributed by atoms with Gasteiger partial charge in [-0.15, -0.1) is 0 Å². The second kappa shape index (κ2) is 6.47. The zero-order valence-corrected chi connectivity index (χ0v) is 13.9. The minimum Gasteiger partial charge on any atom is -0.316 e. The van der Waals surface area contributed by atoms with E-state index >= 15 is 0 Å². The Hall–Kier alpha value is -0.560. The van der Waals surface area contributed by atoms with Crippen molar-refractivity contribution in [3.05, 3.63) is 29.3 Å². The summed E-state index contributed by atoms with van der Waals surface area (Å²) in [6.45, 7) is 2.56. The van der Waals surface area contributed by atoms with E-state index in [1.165, 1.54) is 0 Å². The molecule has 6 heteroatoms. The van der Waals surface area contributed by atoms with Gasteiger partial charge in [0, 0.05) is 25.4 Å². The molecule has 1 saturated heterocycles. The van der Waals surface area contributed by atoms with Gasteiger partial charge in [-0.3, -0.25) is 0 Å². The maximum Gasteiger partial charge on any atom is 0.243 e. The summed E-state index contributed by atoms with van der Waals surface area (Å²) in [7, 11) is 0.166. The Morgan fingerprint density at radius 1 is 1.45 bits per heavy atom. The van der Waals surface area contributed by atoms with Gasteiger partial charge < -0.3 is 5.32 Å². The first kappa shape index (κ1) is 15.8. The Labute approximate surface area is 126 Å². The lowest BCUT2D eigenvalue weighted by Crippen LogP contribution is -2.37. The summed E-state index contributed by atoms with van der Waals surface area (Å²) in [6.07, 6.45) is 0.940. The van der Waals surface area contributed by atoms with Gasteiger partial charge in [0.05, 0.1) is 4.90 Å². The molecule has 1 atom stereocenters. The van der Waals surface area contributed by atoms with Crippen molar-refractivity contribution in [3.8, 4) is 0 Å². The van der Waals surface area contributed by atoms with E-state index in [1.807, 2.05) is 37.9 Å². The molecule has 1 N–H and O–H groups in total. The molecule has 1 aromatic rings. The van der Waals surface area contributed by atoms with E-state index in [1.54, 1.807) is 17.4 Å². The largest absolute Gasteiger partial charge is 0.316 e. The Balaban J connectivity index is 2.36. The Kier molecular flexibility index (Phi) is 5.12. The fraction of sp³-hybridized carbons (Fsp3) is 0.571. The average Bonchev–Trinajstić information content (AvgIpc) is 2.94. The van der Waals surface area contributed by atoms with E-state index in [4.69, 9.17) is 0 Å². The molecule has 0 bridgehead atoms. The van der Waals surface area contributed by atoms with Gasteiger partial charge in [0.2, 0.25) is 10.0 Å². The average molecular weight is 314 g/mol. The van der Waals surface area contributed by atoms with E-state index in [0.717, 1.165) is 29.1 Å². The molecule has 1 fully saturated rings. The smallest absolute Gasteiger partial charge is 0.243 e. The molecule has 0 aliphatic carbocycles. The van der Waals surface area contributed by atoms with Crippen molar-refractivity contribution in [2.45, 2.75) is 30.8 Å². The van der Waals surface area contributed by atoms with Crippen molar-refractivity contribution in [2.75, 3.05) is 25.6 Å². The molecule has 1 unspecified atom stereocenters. The molecule has 4 nitrogen and oxygen atoms in total. The van der Waals surface area contributed by atoms with Gasteiger partial charge >= 0.3 is 0 Å². The van der Waals surface area contributed by atoms with E-state index in [2.05, 4.69) is 5.32 Å². The summed E-state index contributed by atoms with van der Waals surface area (Å²) in [4.78, 5) is 0.435. The van der Waals surface area contributed by atoms with Crippen molar-refractivity contribution in [1.29, 1.82) is 0 Å². The summed E-state index contributed by atoms with van der Waals surface area (Å²) in [6, 6.07) is 5.63. The summed E-state index contributed by atoms with van der Waals surface area (Å²) in [5.41, 5.74) is 1.88. The van der Waals surface area contributed by atoms with Crippen LogP contribution in [-0.4, -0.2) is 44.4 Å². The number of hydrogen-bond donors (Lipinski definition) is 1. The van der Waals surface area contributed by atoms with E-state index in [-0.39, 0.29) is 6.04 Å². The lowest BCUT2D eigenvalue weighted by Gasteiger charge is -2.24. The van der Waals surface area contributed by atoms with Crippen LogP contribution in [-0.2, 0) is 16.6 Å². The highest BCUT2D eigenvalue weighted by Crippen LogP contribution is 2.28. The number of rotatable bonds is 5. The molecule has 0 radical (unpaired) electrons. The third-order valence-corrected chi connectivity index (χ3v) is 7.04. The number of thioether (sulfide) groups is 1. The van der Waals surface area contributed by atoms with E-state index in [0.29, 0.717) is 11.4 Å². The summed E-state index contributed by atoms with van der Waals surface area (Å²) in [5, 5.41) is 3.08. The molecular formula is C14H22N2O2S2. The summed E-state index contributed by atoms with van der Waals surface area (Å²) < 4.78 is 27.1. The zero-order chi connectivity index (χ0) is 14.8. The summed E-state index contributed by atoms with van der Waals surface area (Å²) in [5.74, 6) is 1.94. The quantitative estimate of drug-likeness (QED) is 0.901. The molecule has 0 amide bonds. The van der Waals surface area contributed by atoms with Gasteiger partial charge in [0.1, 0.15) is 0 Å². The first-order chi connectivity index (χ1) is 9.48. The topological polar surface area (TPSA) is 49.4 Å². The predicted octanol–water partition coefficient (Wildman–Crippen LogP) is 1.84. The molecule has 0 spiro atoms. The lowest BCUT2D eigenvalue weighted by molar-refractivity contribution is 0.394. The number of benzene rings is 1. The monoisotopic (exact) mass is 314 g/mol. The summed E-state index contributed by atoms with van der Waals surface area (Å²) >= 11 is 1.82. The number of nitrogens with one attached hydrogen (secondary N) is 1. The second-order valence-corrected chi connectivity index (χ2v) is 8.23. The standard InChI is InChI=1S/C14H22N2O2S2/c1-11-12(9-15-2)5-4-6-14(11)20(17,18)16(3)13-7-8-19-10-13/h4-6,13,15H,7-10H2,1-3H3. The molecule has 0 aromatic heterocycles. The van der Waals surface area contributed by atoms with Crippen molar-refractivity contribution in [3.63, 3.8) is 0 Å². The van der Waals surface area contributed by atoms with Crippen LogP contribution in [0.2, 0.25) is 0 Å². The minimum atomic E-state index is -3.40. The van der Waals surface area contributed by atoms with Crippen molar-refractivity contribution >= 4 is 21.8 Å². The number of sulfonamides is 1. The highest BCUT2D eigenvalue weighted by Gasteiger charge is 2.31. The normalized spacial score (nSPS) is 19.7. The molecule has 1 aliphatic rings. The van der Waals surface area contributed by atoms with Crippen LogP contribution in [0.25, 0.3) is 0 Å². The third kappa shape index (κ3) is 3.03. The van der Waals surface area contributed by atoms with Crippen LogP contribution in [0.4, 0.5) is 0 Å². The van der Waals surface area contributed by atoms with E-state index < -0.39 is 10.0 Å². The first-order valence-corrected chi connectivity index (χ1v) is 9.37. The second-order valence-electron chi connectivity index (χ2n) is 5.11. The van der Waals surface area contributed by atoms with Crippen molar-refractivity contribution < 1.29 is 8.42 Å². The van der Waals surface area contributed by atoms with Gasteiger partial charge in [-0.05, 0) is 43.3 Å². The lowest BCUT2D eigenvalue weighted by atomic mass is 10.1. The van der Waals surface area contributed by atoms with Gasteiger partial charge in [0.25, 0.3) is 0 Å². The van der Waals surface area contributed by atoms with Gasteiger partial charge in [0.15, 0.2) is 0 Å². The van der Waals surface area contributed by atoms with Crippen LogP contribution in [0, 0.1) is 6.92 Å². The molecule has 1 aromatic carbocycles. The fourth-order valence-electron chi connectivity index (χ4n) is 2.48. The number of hydrogen-bond acceptors (Lipinski definition) is 4. The highest BCUT2D eigenvalue weighted by atomic mass is 32.2. The maximum absolute atomic E-state index is 12.8. The Morgan fingerprint density at radius 3 is 2.80 bits per heavy atom. The van der Waals surface area contributed by atoms with Gasteiger partial charge in [-0.2, -0.15) is 16.1 Å². The zero-order valence-electron chi connectivity index (χ0n) is 12.2. The van der Waals surface area contributed by atoms with Gasteiger partial charge in [-0.25, -0.2) is 8.42 Å². The van der Waals surface area contributed by atoms with Crippen LogP contribution in [0.15, 0.2) is 23.1 Å². The molecule has 2 rings (SSSR count). The Morgan fingerprint density at radius 2 is 2.20 bits per heavy atom. The highest BCUT2D eigenvalue weighted by molar-refractivity contribution is 7.99. The molecule has 1 aliphatic heterocycles. The first-order valence-electron chi connectivity index (χ1n) is 6.77. The third-order valence-electron chi connectivity index (χ3n) is 3.84. The molecule has 20 heavy (non-hydrogen) atoms. The van der Waals surface area contributed by atoms with Crippen molar-refractivity contribution in [1.82, 2.24) is 9.62 Å². The van der Waals surface area contributed by atoms with Crippen molar-refractivity contribution in [2.24, 2.45) is 0 Å². The van der Waals surface area contributed by atoms with Gasteiger partial charge in [-0.1, -0.05) is 12.1 Å². The van der Waals surface area contributed by atoms with Crippen LogP contribution >= 0.6 is 11.8 Å². The molecule has 1 heterocycles. The molecule has 0 saturated carbocycles. The Bertz CT molecular complexity index is 567. The van der Waals surface area contributed by atoms with E-state index in [9.17, 15) is 8.42 Å². The SMILES string of the molecule is CNCc1cccc(S(=O)(=O)N(C)C2CCSC2)c1C. The minimum absolute atomic E-state index is 0.123. The maximum atomic E-state index is 12.8. The van der Waals surface area contributed by atoms with Crippen LogP contribution < -0.4 is 5.32 Å². The van der Waals surface area contributed by atoms with Crippen LogP contribution in [0.1, 0.15) is 17.5 Å². The van der Waals surface area contributed by atoms with Crippen LogP contribution in [0.5, 0.6) is 0 Å². The number of nitrogens with zero attached hydrogens (tertiary/aromatic N) is 1. The fourth-order valence-corrected chi connectivity index (χ4v) is 5.49. The molecule has 112 valence electrons. The van der Waals surface area contributed by atoms with Crippen LogP contribution in [0.3, 0.4) is 0 Å². The predicted molar refractivity (Wildman–Crippen MR) is 84.6 cm³/mol. The molecular weight excluding hydrogens is 292 g/mol.